The summed E-state index contributed by atoms with van der Waals surface area (Å²) in [5.74, 6) is 2.58. The van der Waals surface area contributed by atoms with Gasteiger partial charge in [0.05, 0.1) is 25.1 Å². The first-order valence-corrected chi connectivity index (χ1v) is 11.5. The van der Waals surface area contributed by atoms with Crippen molar-refractivity contribution < 1.29 is 4.74 Å². The van der Waals surface area contributed by atoms with Gasteiger partial charge in [0.15, 0.2) is 11.8 Å². The normalized spacial score (nSPS) is 20.5. The van der Waals surface area contributed by atoms with Gasteiger partial charge in [0.2, 0.25) is 0 Å². The topological polar surface area (TPSA) is 101 Å². The largest absolute Gasteiger partial charge is 0.379 e. The number of aryl methyl sites for hydroxylation is 2. The first-order valence-electron chi connectivity index (χ1n) is 11.5. The van der Waals surface area contributed by atoms with Crippen LogP contribution in [0.15, 0.2) is 17.4 Å². The SMILES string of the molecule is Cc1nnc(CN=C(NCCN2CCOCC2)NC2CCCN(c3cnn(C)c3)C2)n1C. The number of rotatable bonds is 7. The second kappa shape index (κ2) is 10.8. The van der Waals surface area contributed by atoms with Crippen molar-refractivity contribution >= 4 is 11.6 Å². The van der Waals surface area contributed by atoms with Crippen molar-refractivity contribution in [2.45, 2.75) is 32.4 Å². The molecule has 0 bridgehead atoms. The highest BCUT2D eigenvalue weighted by Crippen LogP contribution is 2.19. The predicted octanol–water partition coefficient (Wildman–Crippen LogP) is -0.107. The van der Waals surface area contributed by atoms with E-state index < -0.39 is 0 Å². The Labute approximate surface area is 189 Å². The smallest absolute Gasteiger partial charge is 0.192 e. The average Bonchev–Trinajstić information content (AvgIpc) is 3.38. The summed E-state index contributed by atoms with van der Waals surface area (Å²) >= 11 is 0. The van der Waals surface area contributed by atoms with Crippen LogP contribution < -0.4 is 15.5 Å². The van der Waals surface area contributed by atoms with Crippen LogP contribution in [0.1, 0.15) is 24.5 Å². The first-order chi connectivity index (χ1) is 15.6. The maximum absolute atomic E-state index is 5.45. The summed E-state index contributed by atoms with van der Waals surface area (Å²) < 4.78 is 9.29. The Bertz CT molecular complexity index is 885. The van der Waals surface area contributed by atoms with Crippen molar-refractivity contribution in [3.8, 4) is 0 Å². The summed E-state index contributed by atoms with van der Waals surface area (Å²) in [5.41, 5.74) is 1.17. The number of morpholine rings is 1. The van der Waals surface area contributed by atoms with Crippen LogP contribution in [0.25, 0.3) is 0 Å². The molecule has 2 aliphatic rings. The molecule has 2 aromatic heterocycles. The molecule has 2 aromatic rings. The van der Waals surface area contributed by atoms with Gasteiger partial charge in [-0.3, -0.25) is 9.58 Å². The highest BCUT2D eigenvalue weighted by atomic mass is 16.5. The fourth-order valence-corrected chi connectivity index (χ4v) is 4.14. The number of aromatic nitrogens is 5. The van der Waals surface area contributed by atoms with Crippen molar-refractivity contribution in [2.24, 2.45) is 19.1 Å². The van der Waals surface area contributed by atoms with Crippen LogP contribution in [0.2, 0.25) is 0 Å². The molecule has 2 fully saturated rings. The molecule has 2 saturated heterocycles. The minimum absolute atomic E-state index is 0.319. The number of guanidine groups is 1. The van der Waals surface area contributed by atoms with Gasteiger partial charge in [0, 0.05) is 65.6 Å². The van der Waals surface area contributed by atoms with E-state index in [0.717, 1.165) is 82.9 Å². The fraction of sp³-hybridized carbons (Fsp3) is 0.714. The van der Waals surface area contributed by atoms with E-state index in [2.05, 4.69) is 41.9 Å². The van der Waals surface area contributed by atoms with Gasteiger partial charge >= 0.3 is 0 Å². The van der Waals surface area contributed by atoms with Crippen molar-refractivity contribution in [1.82, 2.24) is 40.1 Å². The number of nitrogens with zero attached hydrogens (tertiary/aromatic N) is 8. The van der Waals surface area contributed by atoms with E-state index in [9.17, 15) is 0 Å². The van der Waals surface area contributed by atoms with Gasteiger partial charge in [-0.1, -0.05) is 0 Å². The fourth-order valence-electron chi connectivity index (χ4n) is 4.14. The molecular weight excluding hydrogens is 408 g/mol. The zero-order valence-corrected chi connectivity index (χ0v) is 19.5. The van der Waals surface area contributed by atoms with E-state index in [1.54, 1.807) is 0 Å². The molecular formula is C21H36N10O. The van der Waals surface area contributed by atoms with Crippen LogP contribution >= 0.6 is 0 Å². The Morgan fingerprint density at radius 3 is 2.78 bits per heavy atom. The monoisotopic (exact) mass is 444 g/mol. The third kappa shape index (κ3) is 5.98. The Kier molecular flexibility index (Phi) is 7.59. The maximum atomic E-state index is 5.45. The highest BCUT2D eigenvalue weighted by molar-refractivity contribution is 5.80. The molecule has 1 atom stereocenters. The number of hydrogen-bond acceptors (Lipinski definition) is 7. The van der Waals surface area contributed by atoms with Gasteiger partial charge in [0.1, 0.15) is 12.4 Å². The lowest BCUT2D eigenvalue weighted by Gasteiger charge is -2.34. The molecule has 11 heteroatoms. The standard InChI is InChI=1S/C21H36N10O/c1-17-26-27-20(29(17)3)14-23-21(22-6-8-30-9-11-32-12-10-30)25-18-5-4-7-31(15-18)19-13-24-28(2)16-19/h13,16,18H,4-12,14-15H2,1-3H3,(H2,22,23,25). The molecule has 2 aliphatic heterocycles. The number of nitrogens with one attached hydrogen (secondary N) is 2. The average molecular weight is 445 g/mol. The predicted molar refractivity (Wildman–Crippen MR) is 124 cm³/mol. The minimum Gasteiger partial charge on any atom is -0.379 e. The molecule has 0 amide bonds. The van der Waals surface area contributed by atoms with Gasteiger partial charge in [-0.25, -0.2) is 4.99 Å². The molecule has 4 rings (SSSR count). The molecule has 32 heavy (non-hydrogen) atoms. The van der Waals surface area contributed by atoms with E-state index in [4.69, 9.17) is 9.73 Å². The summed E-state index contributed by atoms with van der Waals surface area (Å²) in [6.45, 7) is 9.84. The van der Waals surface area contributed by atoms with Crippen LogP contribution in [0.3, 0.4) is 0 Å². The van der Waals surface area contributed by atoms with E-state index in [0.29, 0.717) is 12.6 Å². The number of hydrogen-bond donors (Lipinski definition) is 2. The highest BCUT2D eigenvalue weighted by Gasteiger charge is 2.22. The first kappa shape index (κ1) is 22.5. The lowest BCUT2D eigenvalue weighted by molar-refractivity contribution is 0.0389. The molecule has 0 saturated carbocycles. The van der Waals surface area contributed by atoms with Gasteiger partial charge in [0.25, 0.3) is 0 Å². The Hall–Kier alpha value is -2.66. The maximum Gasteiger partial charge on any atom is 0.192 e. The zero-order valence-electron chi connectivity index (χ0n) is 19.5. The van der Waals surface area contributed by atoms with Crippen LogP contribution in [-0.2, 0) is 25.4 Å². The summed E-state index contributed by atoms with van der Waals surface area (Å²) in [6, 6.07) is 0.319. The van der Waals surface area contributed by atoms with Gasteiger partial charge in [-0.05, 0) is 19.8 Å². The summed E-state index contributed by atoms with van der Waals surface area (Å²) in [5, 5.41) is 19.9. The van der Waals surface area contributed by atoms with Crippen molar-refractivity contribution in [3.63, 3.8) is 0 Å². The summed E-state index contributed by atoms with van der Waals surface area (Å²) in [4.78, 5) is 9.66. The molecule has 0 spiro atoms. The van der Waals surface area contributed by atoms with E-state index in [1.807, 2.05) is 36.5 Å². The molecule has 176 valence electrons. The van der Waals surface area contributed by atoms with Crippen molar-refractivity contribution in [1.29, 1.82) is 0 Å². The molecule has 11 nitrogen and oxygen atoms in total. The Morgan fingerprint density at radius 1 is 1.22 bits per heavy atom. The number of piperidine rings is 1. The third-order valence-electron chi connectivity index (χ3n) is 6.20. The second-order valence-corrected chi connectivity index (χ2v) is 8.57. The van der Waals surface area contributed by atoms with Crippen LogP contribution in [0.4, 0.5) is 5.69 Å². The van der Waals surface area contributed by atoms with Crippen LogP contribution in [-0.4, -0.2) is 93.9 Å². The van der Waals surface area contributed by atoms with Gasteiger partial charge in [-0.2, -0.15) is 5.10 Å². The Morgan fingerprint density at radius 2 is 2.06 bits per heavy atom. The van der Waals surface area contributed by atoms with Gasteiger partial charge in [-0.15, -0.1) is 10.2 Å². The quantitative estimate of drug-likeness (QED) is 0.451. The number of aliphatic imine (C=N–C) groups is 1. The number of anilines is 1. The second-order valence-electron chi connectivity index (χ2n) is 8.57. The minimum atomic E-state index is 0.319. The Balaban J connectivity index is 1.37. The van der Waals surface area contributed by atoms with Crippen LogP contribution in [0.5, 0.6) is 0 Å². The molecule has 4 heterocycles. The molecule has 0 aromatic carbocycles. The summed E-state index contributed by atoms with van der Waals surface area (Å²) in [7, 11) is 3.94. The molecule has 1 unspecified atom stereocenters. The van der Waals surface area contributed by atoms with E-state index in [1.165, 1.54) is 5.69 Å². The van der Waals surface area contributed by atoms with Crippen molar-refractivity contribution in [3.05, 3.63) is 24.0 Å². The lowest BCUT2D eigenvalue weighted by atomic mass is 10.1. The molecule has 0 radical (unpaired) electrons. The molecule has 2 N–H and O–H groups in total. The lowest BCUT2D eigenvalue weighted by Crippen LogP contribution is -2.52. The number of ether oxygens (including phenoxy) is 1. The zero-order chi connectivity index (χ0) is 22.3. The third-order valence-corrected chi connectivity index (χ3v) is 6.20. The molecule has 0 aliphatic carbocycles. The summed E-state index contributed by atoms with van der Waals surface area (Å²) in [6.07, 6.45) is 6.27. The van der Waals surface area contributed by atoms with Crippen LogP contribution in [0, 0.1) is 6.92 Å². The van der Waals surface area contributed by atoms with E-state index in [-0.39, 0.29) is 0 Å². The van der Waals surface area contributed by atoms with Crippen molar-refractivity contribution in [2.75, 3.05) is 57.4 Å². The van der Waals surface area contributed by atoms with Gasteiger partial charge < -0.3 is 24.8 Å². The van der Waals surface area contributed by atoms with E-state index >= 15 is 0 Å².